The first-order valence-electron chi connectivity index (χ1n) is 3.95. The minimum absolute atomic E-state index is 0.146. The summed E-state index contributed by atoms with van der Waals surface area (Å²) in [5.74, 6) is -0.287. The first-order valence-corrected chi connectivity index (χ1v) is 3.95. The van der Waals surface area contributed by atoms with Crippen LogP contribution in [0.4, 0.5) is 0 Å². The Hall–Kier alpha value is -0.610. The molecular formula is C8H16O4. The molecule has 0 saturated heterocycles. The summed E-state index contributed by atoms with van der Waals surface area (Å²) in [5.41, 5.74) is 0. The summed E-state index contributed by atoms with van der Waals surface area (Å²) in [6.45, 7) is 2.40. The van der Waals surface area contributed by atoms with Crippen LogP contribution in [-0.2, 0) is 19.0 Å². The average Bonchev–Trinajstić information content (AvgIpc) is 2.10. The maximum Gasteiger partial charge on any atom is 0.310 e. The third kappa shape index (κ3) is 5.09. The van der Waals surface area contributed by atoms with Gasteiger partial charge in [0.2, 0.25) is 0 Å². The van der Waals surface area contributed by atoms with Crippen LogP contribution in [0, 0.1) is 0 Å². The van der Waals surface area contributed by atoms with E-state index < -0.39 is 6.29 Å². The second-order valence-corrected chi connectivity index (χ2v) is 2.33. The number of carbonyl (C=O) groups is 1. The highest BCUT2D eigenvalue weighted by Crippen LogP contribution is 1.99. The number of hydrogen-bond acceptors (Lipinski definition) is 4. The van der Waals surface area contributed by atoms with Crippen LogP contribution in [0.15, 0.2) is 0 Å². The fourth-order valence-corrected chi connectivity index (χ4v) is 0.674. The Kier molecular flexibility index (Phi) is 6.70. The minimum atomic E-state index is -0.491. The largest absolute Gasteiger partial charge is 0.466 e. The van der Waals surface area contributed by atoms with Gasteiger partial charge in [0.25, 0.3) is 0 Å². The van der Waals surface area contributed by atoms with Crippen LogP contribution in [0.1, 0.15) is 19.8 Å². The standard InChI is InChI=1S/C8H16O4/c1-4-5-12-7(9)6-8(10-2)11-3/h8H,4-6H2,1-3H3. The first kappa shape index (κ1) is 11.4. The van der Waals surface area contributed by atoms with Gasteiger partial charge < -0.3 is 14.2 Å². The Morgan fingerprint density at radius 2 is 1.92 bits per heavy atom. The van der Waals surface area contributed by atoms with Crippen LogP contribution in [0.25, 0.3) is 0 Å². The molecule has 0 atom stereocenters. The van der Waals surface area contributed by atoms with Gasteiger partial charge in [-0.15, -0.1) is 0 Å². The van der Waals surface area contributed by atoms with Crippen LogP contribution in [0.5, 0.6) is 0 Å². The molecule has 0 rings (SSSR count). The molecule has 0 heterocycles. The molecule has 0 amide bonds. The maximum atomic E-state index is 10.9. The highest BCUT2D eigenvalue weighted by Gasteiger charge is 2.12. The van der Waals surface area contributed by atoms with Gasteiger partial charge >= 0.3 is 5.97 Å². The highest BCUT2D eigenvalue weighted by atomic mass is 16.7. The topological polar surface area (TPSA) is 44.8 Å². The van der Waals surface area contributed by atoms with Crippen molar-refractivity contribution >= 4 is 5.97 Å². The summed E-state index contributed by atoms with van der Waals surface area (Å²) in [5, 5.41) is 0. The fraction of sp³-hybridized carbons (Fsp3) is 0.875. The van der Waals surface area contributed by atoms with Gasteiger partial charge in [-0.3, -0.25) is 4.79 Å². The second-order valence-electron chi connectivity index (χ2n) is 2.33. The van der Waals surface area contributed by atoms with Gasteiger partial charge in [-0.25, -0.2) is 0 Å². The van der Waals surface area contributed by atoms with Gasteiger partial charge in [-0.1, -0.05) is 6.92 Å². The van der Waals surface area contributed by atoms with E-state index in [0.717, 1.165) is 6.42 Å². The van der Waals surface area contributed by atoms with Crippen LogP contribution in [0.2, 0.25) is 0 Å². The molecule has 0 aromatic heterocycles. The molecule has 4 nitrogen and oxygen atoms in total. The first-order chi connectivity index (χ1) is 5.74. The third-order valence-corrected chi connectivity index (χ3v) is 1.33. The highest BCUT2D eigenvalue weighted by molar-refractivity contribution is 5.69. The van der Waals surface area contributed by atoms with Crippen molar-refractivity contribution in [2.45, 2.75) is 26.1 Å². The van der Waals surface area contributed by atoms with Gasteiger partial charge in [-0.05, 0) is 6.42 Å². The summed E-state index contributed by atoms with van der Waals surface area (Å²) in [4.78, 5) is 10.9. The number of esters is 1. The lowest BCUT2D eigenvalue weighted by atomic mass is 10.4. The van der Waals surface area contributed by atoms with E-state index in [1.54, 1.807) is 0 Å². The Morgan fingerprint density at radius 1 is 1.33 bits per heavy atom. The molecule has 0 radical (unpaired) electrons. The molecule has 0 aliphatic heterocycles. The molecule has 72 valence electrons. The van der Waals surface area contributed by atoms with Crippen LogP contribution < -0.4 is 0 Å². The zero-order chi connectivity index (χ0) is 9.40. The van der Waals surface area contributed by atoms with Gasteiger partial charge in [0, 0.05) is 14.2 Å². The average molecular weight is 176 g/mol. The Morgan fingerprint density at radius 3 is 2.33 bits per heavy atom. The number of ether oxygens (including phenoxy) is 3. The van der Waals surface area contributed by atoms with Crippen molar-refractivity contribution in [3.05, 3.63) is 0 Å². The van der Waals surface area contributed by atoms with Crippen molar-refractivity contribution in [2.75, 3.05) is 20.8 Å². The monoisotopic (exact) mass is 176 g/mol. The van der Waals surface area contributed by atoms with E-state index in [9.17, 15) is 4.79 Å². The van der Waals surface area contributed by atoms with Crippen LogP contribution >= 0.6 is 0 Å². The van der Waals surface area contributed by atoms with Gasteiger partial charge in [0.1, 0.15) is 0 Å². The SMILES string of the molecule is CCCOC(=O)CC(OC)OC. The lowest BCUT2D eigenvalue weighted by molar-refractivity contribution is -0.159. The summed E-state index contributed by atoms with van der Waals surface area (Å²) in [6.07, 6.45) is 0.484. The predicted molar refractivity (Wildman–Crippen MR) is 43.7 cm³/mol. The van der Waals surface area contributed by atoms with E-state index in [1.807, 2.05) is 6.92 Å². The molecule has 0 bridgehead atoms. The number of hydrogen-bond donors (Lipinski definition) is 0. The van der Waals surface area contributed by atoms with Crippen molar-refractivity contribution in [3.8, 4) is 0 Å². The second kappa shape index (κ2) is 7.06. The molecule has 12 heavy (non-hydrogen) atoms. The lowest BCUT2D eigenvalue weighted by Gasteiger charge is -2.11. The molecule has 0 unspecified atom stereocenters. The summed E-state index contributed by atoms with van der Waals surface area (Å²) < 4.78 is 14.5. The van der Waals surface area contributed by atoms with E-state index in [4.69, 9.17) is 14.2 Å². The maximum absolute atomic E-state index is 10.9. The number of methoxy groups -OCH3 is 2. The number of carbonyl (C=O) groups excluding carboxylic acids is 1. The summed E-state index contributed by atoms with van der Waals surface area (Å²) >= 11 is 0. The zero-order valence-corrected chi connectivity index (χ0v) is 7.83. The van der Waals surface area contributed by atoms with E-state index in [0.29, 0.717) is 6.61 Å². The summed E-state index contributed by atoms with van der Waals surface area (Å²) in [6, 6.07) is 0. The van der Waals surface area contributed by atoms with Crippen molar-refractivity contribution in [1.29, 1.82) is 0 Å². The van der Waals surface area contributed by atoms with Gasteiger partial charge in [-0.2, -0.15) is 0 Å². The third-order valence-electron chi connectivity index (χ3n) is 1.33. The minimum Gasteiger partial charge on any atom is -0.466 e. The van der Waals surface area contributed by atoms with Crippen molar-refractivity contribution in [2.24, 2.45) is 0 Å². The molecule has 0 aromatic carbocycles. The van der Waals surface area contributed by atoms with Crippen molar-refractivity contribution in [1.82, 2.24) is 0 Å². The van der Waals surface area contributed by atoms with Crippen LogP contribution in [0.3, 0.4) is 0 Å². The Labute approximate surface area is 72.8 Å². The number of rotatable bonds is 6. The predicted octanol–water partition coefficient (Wildman–Crippen LogP) is 0.949. The van der Waals surface area contributed by atoms with Crippen molar-refractivity contribution < 1.29 is 19.0 Å². The quantitative estimate of drug-likeness (QED) is 0.446. The normalized spacial score (nSPS) is 10.3. The molecule has 0 spiro atoms. The van der Waals surface area contributed by atoms with Crippen molar-refractivity contribution in [3.63, 3.8) is 0 Å². The van der Waals surface area contributed by atoms with E-state index in [-0.39, 0.29) is 12.4 Å². The molecule has 4 heteroatoms. The van der Waals surface area contributed by atoms with Crippen LogP contribution in [-0.4, -0.2) is 33.1 Å². The summed E-state index contributed by atoms with van der Waals surface area (Å²) in [7, 11) is 2.97. The molecule has 0 fully saturated rings. The molecule has 0 N–H and O–H groups in total. The van der Waals surface area contributed by atoms with Gasteiger partial charge in [0.05, 0.1) is 13.0 Å². The molecule has 0 aromatic rings. The smallest absolute Gasteiger partial charge is 0.310 e. The van der Waals surface area contributed by atoms with E-state index >= 15 is 0 Å². The van der Waals surface area contributed by atoms with E-state index in [2.05, 4.69) is 0 Å². The van der Waals surface area contributed by atoms with E-state index in [1.165, 1.54) is 14.2 Å². The zero-order valence-electron chi connectivity index (χ0n) is 7.83. The Balaban J connectivity index is 3.52. The molecule has 0 aliphatic rings. The fourth-order valence-electron chi connectivity index (χ4n) is 0.674. The molecular weight excluding hydrogens is 160 g/mol. The Bertz CT molecular complexity index is 120. The molecule has 0 saturated carbocycles. The van der Waals surface area contributed by atoms with Gasteiger partial charge in [0.15, 0.2) is 6.29 Å². The lowest BCUT2D eigenvalue weighted by Crippen LogP contribution is -2.19. The molecule has 0 aliphatic carbocycles.